The Morgan fingerprint density at radius 2 is 1.81 bits per heavy atom. The summed E-state index contributed by atoms with van der Waals surface area (Å²) >= 11 is 0. The number of hydrogen-bond acceptors (Lipinski definition) is 5. The summed E-state index contributed by atoms with van der Waals surface area (Å²) in [5.41, 5.74) is 2.72. The Bertz CT molecular complexity index is 1250. The zero-order valence-corrected chi connectivity index (χ0v) is 17.8. The molecular weight excluding hydrogens is 414 g/mol. The molecule has 0 unspecified atom stereocenters. The van der Waals surface area contributed by atoms with Crippen molar-refractivity contribution in [3.8, 4) is 0 Å². The number of amides is 1. The first-order valence-electron chi connectivity index (χ1n) is 10.4. The van der Waals surface area contributed by atoms with E-state index in [0.717, 1.165) is 29.4 Å². The van der Waals surface area contributed by atoms with Crippen molar-refractivity contribution in [2.75, 3.05) is 31.6 Å². The van der Waals surface area contributed by atoms with Gasteiger partial charge in [-0.25, -0.2) is 8.42 Å². The van der Waals surface area contributed by atoms with Crippen LogP contribution < -0.4 is 5.32 Å². The quantitative estimate of drug-likeness (QED) is 0.661. The highest BCUT2D eigenvalue weighted by Gasteiger charge is 2.28. The molecule has 160 valence electrons. The van der Waals surface area contributed by atoms with Crippen LogP contribution in [0.3, 0.4) is 0 Å². The van der Waals surface area contributed by atoms with E-state index in [4.69, 9.17) is 9.72 Å². The van der Waals surface area contributed by atoms with Crippen LogP contribution in [-0.4, -0.2) is 49.9 Å². The molecule has 2 fully saturated rings. The first kappa shape index (κ1) is 20.1. The fourth-order valence-electron chi connectivity index (χ4n) is 3.84. The molecule has 0 atom stereocenters. The van der Waals surface area contributed by atoms with Crippen molar-refractivity contribution in [2.24, 2.45) is 0 Å². The summed E-state index contributed by atoms with van der Waals surface area (Å²) in [5.74, 6) is 0.138. The number of carbonyl (C=O) groups excluding carboxylic acids is 1. The minimum Gasteiger partial charge on any atom is -0.379 e. The second-order valence-corrected chi connectivity index (χ2v) is 9.82. The molecule has 1 aliphatic heterocycles. The summed E-state index contributed by atoms with van der Waals surface area (Å²) < 4.78 is 32.6. The smallest absolute Gasteiger partial charge is 0.256 e. The van der Waals surface area contributed by atoms with Crippen molar-refractivity contribution in [1.82, 2.24) is 9.29 Å². The molecule has 5 rings (SSSR count). The summed E-state index contributed by atoms with van der Waals surface area (Å²) in [5, 5.41) is 3.66. The third-order valence-electron chi connectivity index (χ3n) is 5.68. The molecule has 7 nitrogen and oxygen atoms in total. The molecule has 3 aromatic rings. The molecule has 1 amide bonds. The molecule has 2 aliphatic rings. The normalized spacial score (nSPS) is 17.5. The maximum atomic E-state index is 13.2. The molecule has 2 heterocycles. The van der Waals surface area contributed by atoms with E-state index in [1.54, 1.807) is 18.2 Å². The van der Waals surface area contributed by atoms with Crippen LogP contribution in [0, 0.1) is 0 Å². The SMILES string of the molecule is O=C(Nc1cccc(S(=O)(=O)N2CCOCC2)c1)c1cc(C2CC2)nc2ccccc12. The van der Waals surface area contributed by atoms with Gasteiger partial charge in [0.05, 0.1) is 29.2 Å². The highest BCUT2D eigenvalue weighted by Crippen LogP contribution is 2.40. The Hall–Kier alpha value is -2.81. The molecule has 0 spiro atoms. The number of fused-ring (bicyclic) bond motifs is 1. The van der Waals surface area contributed by atoms with Gasteiger partial charge in [0.1, 0.15) is 0 Å². The average molecular weight is 438 g/mol. The van der Waals surface area contributed by atoms with Gasteiger partial charge in [-0.15, -0.1) is 0 Å². The van der Waals surface area contributed by atoms with Gasteiger partial charge in [-0.3, -0.25) is 9.78 Å². The fraction of sp³-hybridized carbons (Fsp3) is 0.304. The number of rotatable bonds is 5. The van der Waals surface area contributed by atoms with Gasteiger partial charge < -0.3 is 10.1 Å². The van der Waals surface area contributed by atoms with Crippen LogP contribution in [0.1, 0.15) is 34.8 Å². The molecular formula is C23H23N3O4S. The number of ether oxygens (including phenoxy) is 1. The molecule has 8 heteroatoms. The number of morpholine rings is 1. The Balaban J connectivity index is 1.44. The number of aromatic nitrogens is 1. The zero-order chi connectivity index (χ0) is 21.4. The first-order chi connectivity index (χ1) is 15.0. The van der Waals surface area contributed by atoms with E-state index >= 15 is 0 Å². The van der Waals surface area contributed by atoms with Crippen molar-refractivity contribution >= 4 is 32.5 Å². The van der Waals surface area contributed by atoms with Crippen LogP contribution in [0.15, 0.2) is 59.5 Å². The molecule has 1 N–H and O–H groups in total. The van der Waals surface area contributed by atoms with Gasteiger partial charge in [0.25, 0.3) is 5.91 Å². The highest BCUT2D eigenvalue weighted by molar-refractivity contribution is 7.89. The number of sulfonamides is 1. The number of benzene rings is 2. The van der Waals surface area contributed by atoms with Gasteiger partial charge in [0.2, 0.25) is 10.0 Å². The van der Waals surface area contributed by atoms with E-state index in [2.05, 4.69) is 5.32 Å². The lowest BCUT2D eigenvalue weighted by Crippen LogP contribution is -2.40. The number of nitrogens with one attached hydrogen (secondary N) is 1. The molecule has 1 saturated heterocycles. The van der Waals surface area contributed by atoms with E-state index in [0.29, 0.717) is 43.5 Å². The predicted octanol–water partition coefficient (Wildman–Crippen LogP) is 3.39. The largest absolute Gasteiger partial charge is 0.379 e. The van der Waals surface area contributed by atoms with Crippen LogP contribution in [0.5, 0.6) is 0 Å². The predicted molar refractivity (Wildman–Crippen MR) is 118 cm³/mol. The molecule has 31 heavy (non-hydrogen) atoms. The van der Waals surface area contributed by atoms with Crippen LogP contribution in [0.4, 0.5) is 5.69 Å². The minimum atomic E-state index is -3.64. The number of carbonyl (C=O) groups is 1. The summed E-state index contributed by atoms with van der Waals surface area (Å²) in [6.45, 7) is 1.42. The third-order valence-corrected chi connectivity index (χ3v) is 7.57. The van der Waals surface area contributed by atoms with Crippen molar-refractivity contribution in [3.05, 3.63) is 65.9 Å². The van der Waals surface area contributed by atoms with Crippen LogP contribution in [0.25, 0.3) is 10.9 Å². The van der Waals surface area contributed by atoms with Gasteiger partial charge >= 0.3 is 0 Å². The molecule has 1 aliphatic carbocycles. The van der Waals surface area contributed by atoms with E-state index in [1.807, 2.05) is 30.3 Å². The lowest BCUT2D eigenvalue weighted by atomic mass is 10.1. The maximum absolute atomic E-state index is 13.2. The second-order valence-electron chi connectivity index (χ2n) is 7.88. The molecule has 0 bridgehead atoms. The molecule has 1 saturated carbocycles. The number of anilines is 1. The second kappa shape index (κ2) is 8.03. The van der Waals surface area contributed by atoms with E-state index < -0.39 is 10.0 Å². The number of nitrogens with zero attached hydrogens (tertiary/aromatic N) is 2. The monoisotopic (exact) mass is 437 g/mol. The Labute approximate surface area is 181 Å². The fourth-order valence-corrected chi connectivity index (χ4v) is 5.30. The van der Waals surface area contributed by atoms with Crippen LogP contribution in [0.2, 0.25) is 0 Å². The van der Waals surface area contributed by atoms with Gasteiger partial charge in [-0.2, -0.15) is 4.31 Å². The summed E-state index contributed by atoms with van der Waals surface area (Å²) in [6, 6.07) is 15.8. The van der Waals surface area contributed by atoms with Gasteiger partial charge in [-0.1, -0.05) is 24.3 Å². The minimum absolute atomic E-state index is 0.158. The van der Waals surface area contributed by atoms with Gasteiger partial charge in [-0.05, 0) is 43.2 Å². The van der Waals surface area contributed by atoms with E-state index in [1.165, 1.54) is 10.4 Å². The highest BCUT2D eigenvalue weighted by atomic mass is 32.2. The standard InChI is InChI=1S/C23H23N3O4S/c27-23(20-15-22(16-8-9-16)25-21-7-2-1-6-19(20)21)24-17-4-3-5-18(14-17)31(28,29)26-10-12-30-13-11-26/h1-7,14-16H,8-13H2,(H,24,27). The lowest BCUT2D eigenvalue weighted by Gasteiger charge is -2.26. The van der Waals surface area contributed by atoms with Crippen molar-refractivity contribution in [3.63, 3.8) is 0 Å². The van der Waals surface area contributed by atoms with Crippen molar-refractivity contribution in [1.29, 1.82) is 0 Å². The zero-order valence-electron chi connectivity index (χ0n) is 17.0. The first-order valence-corrected chi connectivity index (χ1v) is 11.9. The topological polar surface area (TPSA) is 88.6 Å². The van der Waals surface area contributed by atoms with Crippen LogP contribution in [-0.2, 0) is 14.8 Å². The van der Waals surface area contributed by atoms with Gasteiger partial charge in [0.15, 0.2) is 0 Å². The maximum Gasteiger partial charge on any atom is 0.256 e. The Kier molecular flexibility index (Phi) is 5.21. The third kappa shape index (κ3) is 4.06. The van der Waals surface area contributed by atoms with Crippen molar-refractivity contribution < 1.29 is 17.9 Å². The number of hydrogen-bond donors (Lipinski definition) is 1. The van der Waals surface area contributed by atoms with Crippen molar-refractivity contribution in [2.45, 2.75) is 23.7 Å². The molecule has 2 aromatic carbocycles. The average Bonchev–Trinajstić information content (AvgIpc) is 3.65. The summed E-state index contributed by atoms with van der Waals surface area (Å²) in [7, 11) is -3.64. The van der Waals surface area contributed by atoms with E-state index in [-0.39, 0.29) is 10.8 Å². The molecule has 1 aromatic heterocycles. The molecule has 0 radical (unpaired) electrons. The summed E-state index contributed by atoms with van der Waals surface area (Å²) in [6.07, 6.45) is 2.18. The Morgan fingerprint density at radius 1 is 1.03 bits per heavy atom. The number of pyridine rings is 1. The van der Waals surface area contributed by atoms with E-state index in [9.17, 15) is 13.2 Å². The van der Waals surface area contributed by atoms with Crippen LogP contribution >= 0.6 is 0 Å². The van der Waals surface area contributed by atoms with Gasteiger partial charge in [0, 0.05) is 35.8 Å². The summed E-state index contributed by atoms with van der Waals surface area (Å²) in [4.78, 5) is 18.0. The number of para-hydroxylation sites is 1. The Morgan fingerprint density at radius 3 is 2.58 bits per heavy atom. The lowest BCUT2D eigenvalue weighted by molar-refractivity contribution is 0.0730.